The van der Waals surface area contributed by atoms with Crippen molar-refractivity contribution in [1.82, 2.24) is 9.97 Å². The highest BCUT2D eigenvalue weighted by Gasteiger charge is 2.29. The number of aromatic hydroxyl groups is 1. The van der Waals surface area contributed by atoms with E-state index in [2.05, 4.69) is 9.97 Å². The van der Waals surface area contributed by atoms with E-state index in [1.807, 2.05) is 6.07 Å². The number of phenols is 1. The first-order chi connectivity index (χ1) is 8.28. The number of rotatable bonds is 2. The van der Waals surface area contributed by atoms with Crippen LogP contribution in [0.1, 0.15) is 31.0 Å². The molecule has 4 N–H and O–H groups in total. The van der Waals surface area contributed by atoms with Gasteiger partial charge in [0.05, 0.1) is 11.0 Å². The molecular formula is C13H17N3O. The predicted molar refractivity (Wildman–Crippen MR) is 66.9 cm³/mol. The van der Waals surface area contributed by atoms with Gasteiger partial charge in [-0.05, 0) is 37.4 Å². The van der Waals surface area contributed by atoms with Gasteiger partial charge in [0.25, 0.3) is 0 Å². The third-order valence-electron chi connectivity index (χ3n) is 3.80. The summed E-state index contributed by atoms with van der Waals surface area (Å²) in [6.45, 7) is 0.729. The van der Waals surface area contributed by atoms with Gasteiger partial charge in [0.2, 0.25) is 0 Å². The number of nitrogens with one attached hydrogen (secondary N) is 1. The van der Waals surface area contributed by atoms with Crippen molar-refractivity contribution < 1.29 is 5.11 Å². The minimum absolute atomic E-state index is 0.273. The van der Waals surface area contributed by atoms with Gasteiger partial charge in [-0.3, -0.25) is 0 Å². The Morgan fingerprint density at radius 1 is 1.41 bits per heavy atom. The fraction of sp³-hybridized carbons (Fsp3) is 0.462. The molecule has 4 heteroatoms. The van der Waals surface area contributed by atoms with Crippen molar-refractivity contribution in [1.29, 1.82) is 0 Å². The second-order valence-corrected chi connectivity index (χ2v) is 4.86. The van der Waals surface area contributed by atoms with Crippen LogP contribution in [0, 0.1) is 5.92 Å². The molecule has 1 aliphatic rings. The van der Waals surface area contributed by atoms with Crippen molar-refractivity contribution in [3.8, 4) is 5.75 Å². The number of H-pyrrole nitrogens is 1. The molecular weight excluding hydrogens is 214 g/mol. The molecule has 0 saturated heterocycles. The maximum atomic E-state index is 9.44. The third-order valence-corrected chi connectivity index (χ3v) is 3.80. The zero-order chi connectivity index (χ0) is 11.8. The van der Waals surface area contributed by atoms with Gasteiger partial charge in [-0.1, -0.05) is 6.42 Å². The van der Waals surface area contributed by atoms with Crippen LogP contribution in [0.4, 0.5) is 0 Å². The molecule has 2 aromatic rings. The van der Waals surface area contributed by atoms with E-state index < -0.39 is 0 Å². The Bertz CT molecular complexity index is 534. The van der Waals surface area contributed by atoms with Crippen LogP contribution in [0.15, 0.2) is 18.2 Å². The molecule has 0 bridgehead atoms. The van der Waals surface area contributed by atoms with Crippen molar-refractivity contribution >= 4 is 11.0 Å². The average molecular weight is 231 g/mol. The number of aromatic nitrogens is 2. The number of phenolic OH excluding ortho intramolecular Hbond substituents is 1. The molecule has 0 amide bonds. The number of nitrogens with zero attached hydrogens (tertiary/aromatic N) is 1. The van der Waals surface area contributed by atoms with E-state index in [0.717, 1.165) is 29.8 Å². The molecule has 1 aromatic heterocycles. The van der Waals surface area contributed by atoms with E-state index in [9.17, 15) is 5.11 Å². The maximum Gasteiger partial charge on any atom is 0.117 e. The van der Waals surface area contributed by atoms with Crippen LogP contribution in [0.25, 0.3) is 11.0 Å². The van der Waals surface area contributed by atoms with Gasteiger partial charge >= 0.3 is 0 Å². The van der Waals surface area contributed by atoms with Gasteiger partial charge in [-0.15, -0.1) is 0 Å². The van der Waals surface area contributed by atoms with Gasteiger partial charge in [-0.25, -0.2) is 4.98 Å². The first-order valence-electron chi connectivity index (χ1n) is 6.16. The number of hydrogen-bond donors (Lipinski definition) is 3. The summed E-state index contributed by atoms with van der Waals surface area (Å²) in [7, 11) is 0. The SMILES string of the molecule is NCC1CCCC1c1nc2ccc(O)cc2[nH]1. The summed E-state index contributed by atoms with van der Waals surface area (Å²) >= 11 is 0. The maximum absolute atomic E-state index is 9.44. The summed E-state index contributed by atoms with van der Waals surface area (Å²) in [5, 5.41) is 9.44. The van der Waals surface area contributed by atoms with E-state index in [1.165, 1.54) is 12.8 Å². The molecule has 2 unspecified atom stereocenters. The molecule has 1 aliphatic carbocycles. The normalized spacial score (nSPS) is 24.5. The lowest BCUT2D eigenvalue weighted by atomic mass is 9.96. The first kappa shape index (κ1) is 10.6. The Labute approximate surface area is 99.9 Å². The second kappa shape index (κ2) is 4.04. The first-order valence-corrected chi connectivity index (χ1v) is 6.16. The molecule has 0 spiro atoms. The van der Waals surface area contributed by atoms with Gasteiger partial charge in [0.15, 0.2) is 0 Å². The number of aromatic amines is 1. The van der Waals surface area contributed by atoms with Crippen molar-refractivity contribution in [3.05, 3.63) is 24.0 Å². The number of hydrogen-bond acceptors (Lipinski definition) is 3. The highest BCUT2D eigenvalue weighted by atomic mass is 16.3. The highest BCUT2D eigenvalue weighted by Crippen LogP contribution is 2.38. The lowest BCUT2D eigenvalue weighted by Crippen LogP contribution is -2.17. The Morgan fingerprint density at radius 2 is 2.29 bits per heavy atom. The summed E-state index contributed by atoms with van der Waals surface area (Å²) in [6, 6.07) is 5.23. The molecule has 1 fully saturated rings. The summed E-state index contributed by atoms with van der Waals surface area (Å²) in [5.74, 6) is 2.30. The van der Waals surface area contributed by atoms with Crippen LogP contribution in [0.5, 0.6) is 5.75 Å². The number of benzene rings is 1. The van der Waals surface area contributed by atoms with E-state index in [-0.39, 0.29) is 5.75 Å². The molecule has 0 radical (unpaired) electrons. The van der Waals surface area contributed by atoms with Gasteiger partial charge in [-0.2, -0.15) is 0 Å². The van der Waals surface area contributed by atoms with Crippen LogP contribution in [-0.4, -0.2) is 21.6 Å². The summed E-state index contributed by atoms with van der Waals surface area (Å²) in [5.41, 5.74) is 7.62. The quantitative estimate of drug-likeness (QED) is 0.741. The fourth-order valence-corrected chi connectivity index (χ4v) is 2.87. The van der Waals surface area contributed by atoms with Crippen molar-refractivity contribution in [2.75, 3.05) is 6.54 Å². The lowest BCUT2D eigenvalue weighted by molar-refractivity contribution is 0.476. The lowest BCUT2D eigenvalue weighted by Gasteiger charge is -2.14. The van der Waals surface area contributed by atoms with E-state index in [1.54, 1.807) is 12.1 Å². The van der Waals surface area contributed by atoms with Crippen LogP contribution in [0.3, 0.4) is 0 Å². The number of fused-ring (bicyclic) bond motifs is 1. The number of nitrogens with two attached hydrogens (primary N) is 1. The molecule has 4 nitrogen and oxygen atoms in total. The smallest absolute Gasteiger partial charge is 0.117 e. The zero-order valence-electron chi connectivity index (χ0n) is 9.69. The minimum Gasteiger partial charge on any atom is -0.508 e. The summed E-state index contributed by atoms with van der Waals surface area (Å²) < 4.78 is 0. The molecule has 1 saturated carbocycles. The topological polar surface area (TPSA) is 74.9 Å². The van der Waals surface area contributed by atoms with Gasteiger partial charge in [0, 0.05) is 12.0 Å². The van der Waals surface area contributed by atoms with Crippen LogP contribution < -0.4 is 5.73 Å². The monoisotopic (exact) mass is 231 g/mol. The van der Waals surface area contributed by atoms with Crippen molar-refractivity contribution in [3.63, 3.8) is 0 Å². The Balaban J connectivity index is 2.00. The van der Waals surface area contributed by atoms with Crippen molar-refractivity contribution in [2.45, 2.75) is 25.2 Å². The largest absolute Gasteiger partial charge is 0.508 e. The zero-order valence-corrected chi connectivity index (χ0v) is 9.69. The van der Waals surface area contributed by atoms with Crippen LogP contribution >= 0.6 is 0 Å². The molecule has 1 heterocycles. The van der Waals surface area contributed by atoms with E-state index >= 15 is 0 Å². The standard InChI is InChI=1S/C13H17N3O/c14-7-8-2-1-3-10(8)13-15-11-5-4-9(17)6-12(11)16-13/h4-6,8,10,17H,1-3,7,14H2,(H,15,16). The molecule has 0 aliphatic heterocycles. The summed E-state index contributed by atoms with van der Waals surface area (Å²) in [4.78, 5) is 7.93. The van der Waals surface area contributed by atoms with Crippen LogP contribution in [-0.2, 0) is 0 Å². The number of imidazole rings is 1. The fourth-order valence-electron chi connectivity index (χ4n) is 2.87. The second-order valence-electron chi connectivity index (χ2n) is 4.86. The Morgan fingerprint density at radius 3 is 3.12 bits per heavy atom. The van der Waals surface area contributed by atoms with E-state index in [4.69, 9.17) is 5.73 Å². The average Bonchev–Trinajstić information content (AvgIpc) is 2.93. The molecule has 1 aromatic carbocycles. The molecule has 3 rings (SSSR count). The van der Waals surface area contributed by atoms with Crippen molar-refractivity contribution in [2.24, 2.45) is 11.7 Å². The highest BCUT2D eigenvalue weighted by molar-refractivity contribution is 5.76. The molecule has 2 atom stereocenters. The molecule has 90 valence electrons. The van der Waals surface area contributed by atoms with Gasteiger partial charge in [0.1, 0.15) is 11.6 Å². The minimum atomic E-state index is 0.273. The predicted octanol–water partition coefficient (Wildman–Crippen LogP) is 2.11. The van der Waals surface area contributed by atoms with E-state index in [0.29, 0.717) is 11.8 Å². The molecule has 17 heavy (non-hydrogen) atoms. The third kappa shape index (κ3) is 1.78. The van der Waals surface area contributed by atoms with Crippen LogP contribution in [0.2, 0.25) is 0 Å². The Kier molecular flexibility index (Phi) is 2.52. The van der Waals surface area contributed by atoms with Gasteiger partial charge < -0.3 is 15.8 Å². The summed E-state index contributed by atoms with van der Waals surface area (Å²) in [6.07, 6.45) is 3.59. The Hall–Kier alpha value is -1.55.